The first-order chi connectivity index (χ1) is 7.70. The number of hydrogen-bond donors (Lipinski definition) is 1. The van der Waals surface area contributed by atoms with Crippen molar-refractivity contribution in [3.63, 3.8) is 0 Å². The summed E-state index contributed by atoms with van der Waals surface area (Å²) in [6, 6.07) is 5.54. The van der Waals surface area contributed by atoms with Crippen LogP contribution >= 0.6 is 27.5 Å². The van der Waals surface area contributed by atoms with Crippen LogP contribution in [0.1, 0.15) is 5.69 Å². The van der Waals surface area contributed by atoms with E-state index in [1.165, 1.54) is 0 Å². The maximum absolute atomic E-state index is 5.87. The first-order valence-electron chi connectivity index (χ1n) is 4.72. The average molecular weight is 302 g/mol. The van der Waals surface area contributed by atoms with Crippen molar-refractivity contribution in [2.45, 2.75) is 6.54 Å². The molecule has 0 radical (unpaired) electrons. The highest BCUT2D eigenvalue weighted by atomic mass is 79.9. The van der Waals surface area contributed by atoms with Crippen LogP contribution < -0.4 is 5.32 Å². The normalized spacial score (nSPS) is 10.7. The molecule has 0 saturated carbocycles. The Kier molecular flexibility index (Phi) is 3.58. The highest BCUT2D eigenvalue weighted by molar-refractivity contribution is 9.10. The zero-order chi connectivity index (χ0) is 11.5. The van der Waals surface area contributed by atoms with Crippen molar-refractivity contribution < 1.29 is 0 Å². The van der Waals surface area contributed by atoms with Gasteiger partial charge in [0.1, 0.15) is 0 Å². The zero-order valence-corrected chi connectivity index (χ0v) is 11.0. The molecule has 0 saturated heterocycles. The van der Waals surface area contributed by atoms with Gasteiger partial charge < -0.3 is 5.32 Å². The fourth-order valence-corrected chi connectivity index (χ4v) is 2.21. The van der Waals surface area contributed by atoms with E-state index >= 15 is 0 Å². The lowest BCUT2D eigenvalue weighted by Gasteiger charge is -2.03. The van der Waals surface area contributed by atoms with Crippen molar-refractivity contribution in [2.24, 2.45) is 0 Å². The summed E-state index contributed by atoms with van der Waals surface area (Å²) in [7, 11) is 1.87. The molecule has 0 aliphatic rings. The van der Waals surface area contributed by atoms with Crippen LogP contribution in [-0.2, 0) is 6.54 Å². The van der Waals surface area contributed by atoms with Crippen LogP contribution in [0.5, 0.6) is 0 Å². The molecule has 1 aromatic heterocycles. The van der Waals surface area contributed by atoms with E-state index in [-0.39, 0.29) is 0 Å². The lowest BCUT2D eigenvalue weighted by molar-refractivity contribution is 0.766. The van der Waals surface area contributed by atoms with E-state index in [1.54, 1.807) is 4.68 Å². The standard InChI is InChI=1S/C10H10BrClN4/c1-13-5-8-6-16(15-14-8)10-3-2-7(12)4-9(10)11/h2-4,6,13H,5H2,1H3. The molecule has 0 spiro atoms. The number of benzene rings is 1. The van der Waals surface area contributed by atoms with Crippen molar-refractivity contribution in [1.29, 1.82) is 0 Å². The van der Waals surface area contributed by atoms with Crippen LogP contribution in [0, 0.1) is 0 Å². The Bertz CT molecular complexity index is 497. The molecule has 0 unspecified atom stereocenters. The van der Waals surface area contributed by atoms with Gasteiger partial charge in [0.2, 0.25) is 0 Å². The number of nitrogens with one attached hydrogen (secondary N) is 1. The van der Waals surface area contributed by atoms with Gasteiger partial charge in [-0.05, 0) is 41.2 Å². The number of rotatable bonds is 3. The van der Waals surface area contributed by atoms with Crippen molar-refractivity contribution in [1.82, 2.24) is 20.3 Å². The summed E-state index contributed by atoms with van der Waals surface area (Å²) in [4.78, 5) is 0. The fourth-order valence-electron chi connectivity index (χ4n) is 1.35. The highest BCUT2D eigenvalue weighted by Gasteiger charge is 2.06. The van der Waals surface area contributed by atoms with Crippen LogP contribution in [0.4, 0.5) is 0 Å². The molecule has 0 aliphatic heterocycles. The number of halogens is 2. The second-order valence-corrected chi connectivity index (χ2v) is 4.57. The molecule has 1 N–H and O–H groups in total. The van der Waals surface area contributed by atoms with Gasteiger partial charge in [0.05, 0.1) is 17.6 Å². The lowest BCUT2D eigenvalue weighted by atomic mass is 10.3. The smallest absolute Gasteiger partial charge is 0.0969 e. The van der Waals surface area contributed by atoms with Crippen LogP contribution in [0.2, 0.25) is 5.02 Å². The van der Waals surface area contributed by atoms with E-state index in [9.17, 15) is 0 Å². The van der Waals surface area contributed by atoms with Crippen molar-refractivity contribution in [3.8, 4) is 5.69 Å². The third-order valence-electron chi connectivity index (χ3n) is 2.06. The molecule has 0 bridgehead atoms. The third kappa shape index (κ3) is 2.42. The summed E-state index contributed by atoms with van der Waals surface area (Å²) < 4.78 is 2.61. The molecule has 2 rings (SSSR count). The van der Waals surface area contributed by atoms with Crippen molar-refractivity contribution in [3.05, 3.63) is 39.6 Å². The Labute approximate surface area is 107 Å². The Morgan fingerprint density at radius 1 is 1.50 bits per heavy atom. The number of nitrogens with zero attached hydrogens (tertiary/aromatic N) is 3. The summed E-state index contributed by atoms with van der Waals surface area (Å²) in [5, 5.41) is 11.8. The molecular formula is C10H10BrClN4. The quantitative estimate of drug-likeness (QED) is 0.946. The van der Waals surface area contributed by atoms with E-state index in [0.29, 0.717) is 11.6 Å². The maximum Gasteiger partial charge on any atom is 0.0969 e. The fraction of sp³-hybridized carbons (Fsp3) is 0.200. The average Bonchev–Trinajstić information content (AvgIpc) is 2.67. The highest BCUT2D eigenvalue weighted by Crippen LogP contribution is 2.24. The number of aromatic nitrogens is 3. The Balaban J connectivity index is 2.35. The molecule has 0 aliphatic carbocycles. The first-order valence-corrected chi connectivity index (χ1v) is 5.89. The summed E-state index contributed by atoms with van der Waals surface area (Å²) in [5.41, 5.74) is 1.81. The van der Waals surface area contributed by atoms with Crippen LogP contribution in [-0.4, -0.2) is 22.0 Å². The van der Waals surface area contributed by atoms with Crippen LogP contribution in [0.3, 0.4) is 0 Å². The third-order valence-corrected chi connectivity index (χ3v) is 2.93. The summed E-state index contributed by atoms with van der Waals surface area (Å²) in [5.74, 6) is 0. The molecule has 0 fully saturated rings. The molecule has 1 aromatic carbocycles. The molecule has 4 nitrogen and oxygen atoms in total. The Morgan fingerprint density at radius 3 is 3.00 bits per heavy atom. The Morgan fingerprint density at radius 2 is 2.31 bits per heavy atom. The van der Waals surface area contributed by atoms with E-state index < -0.39 is 0 Å². The number of hydrogen-bond acceptors (Lipinski definition) is 3. The van der Waals surface area contributed by atoms with Gasteiger partial charge in [-0.2, -0.15) is 0 Å². The van der Waals surface area contributed by atoms with Crippen molar-refractivity contribution in [2.75, 3.05) is 7.05 Å². The van der Waals surface area contributed by atoms with Gasteiger partial charge in [0.25, 0.3) is 0 Å². The van der Waals surface area contributed by atoms with Gasteiger partial charge in [-0.3, -0.25) is 0 Å². The van der Waals surface area contributed by atoms with E-state index in [4.69, 9.17) is 11.6 Å². The molecule has 16 heavy (non-hydrogen) atoms. The minimum atomic E-state index is 0.686. The second-order valence-electron chi connectivity index (χ2n) is 3.28. The van der Waals surface area contributed by atoms with Gasteiger partial charge >= 0.3 is 0 Å². The SMILES string of the molecule is CNCc1cn(-c2ccc(Cl)cc2Br)nn1. The second kappa shape index (κ2) is 4.95. The topological polar surface area (TPSA) is 42.7 Å². The predicted octanol–water partition coefficient (Wildman–Crippen LogP) is 2.40. The summed E-state index contributed by atoms with van der Waals surface area (Å²) in [6.07, 6.45) is 1.88. The molecular weight excluding hydrogens is 291 g/mol. The molecule has 6 heteroatoms. The largest absolute Gasteiger partial charge is 0.314 e. The van der Waals surface area contributed by atoms with Gasteiger partial charge in [-0.1, -0.05) is 16.8 Å². The van der Waals surface area contributed by atoms with E-state index in [1.807, 2.05) is 31.4 Å². The van der Waals surface area contributed by atoms with Crippen molar-refractivity contribution >= 4 is 27.5 Å². The molecule has 84 valence electrons. The molecule has 2 aromatic rings. The van der Waals surface area contributed by atoms with E-state index in [0.717, 1.165) is 15.9 Å². The summed E-state index contributed by atoms with van der Waals surface area (Å²) >= 11 is 9.32. The Hall–Kier alpha value is -0.910. The molecule has 0 amide bonds. The van der Waals surface area contributed by atoms with Gasteiger partial charge in [-0.25, -0.2) is 4.68 Å². The minimum Gasteiger partial charge on any atom is -0.314 e. The van der Waals surface area contributed by atoms with Gasteiger partial charge in [0, 0.05) is 16.0 Å². The maximum atomic E-state index is 5.87. The molecule has 0 atom stereocenters. The molecule has 1 heterocycles. The zero-order valence-electron chi connectivity index (χ0n) is 8.61. The van der Waals surface area contributed by atoms with Gasteiger partial charge in [-0.15, -0.1) is 5.10 Å². The van der Waals surface area contributed by atoms with Gasteiger partial charge in [0.15, 0.2) is 0 Å². The van der Waals surface area contributed by atoms with Crippen LogP contribution in [0.15, 0.2) is 28.9 Å². The van der Waals surface area contributed by atoms with E-state index in [2.05, 4.69) is 31.6 Å². The van der Waals surface area contributed by atoms with Crippen LogP contribution in [0.25, 0.3) is 5.69 Å². The monoisotopic (exact) mass is 300 g/mol. The lowest BCUT2D eigenvalue weighted by Crippen LogP contribution is -2.05. The minimum absolute atomic E-state index is 0.686. The first kappa shape index (κ1) is 11.6. The predicted molar refractivity (Wildman–Crippen MR) is 66.8 cm³/mol. The summed E-state index contributed by atoms with van der Waals surface area (Å²) in [6.45, 7) is 0.700.